The van der Waals surface area contributed by atoms with E-state index in [1.807, 2.05) is 18.2 Å². The molecule has 0 spiro atoms. The Morgan fingerprint density at radius 1 is 0.698 bits per heavy atom. The number of benzene rings is 2. The Morgan fingerprint density at radius 2 is 1.19 bits per heavy atom. The van der Waals surface area contributed by atoms with Crippen LogP contribution in [0.4, 0.5) is 0 Å². The van der Waals surface area contributed by atoms with Crippen molar-refractivity contribution >= 4 is 29.8 Å². The van der Waals surface area contributed by atoms with Crippen molar-refractivity contribution in [3.63, 3.8) is 0 Å². The molecule has 15 heteroatoms. The normalized spacial score (nSPS) is 11.0. The van der Waals surface area contributed by atoms with Crippen LogP contribution in [0.25, 0.3) is 0 Å². The Balaban J connectivity index is 0. The lowest BCUT2D eigenvalue weighted by molar-refractivity contribution is -0.140. The molecule has 2 aromatic rings. The van der Waals surface area contributed by atoms with Crippen molar-refractivity contribution in [3.05, 3.63) is 65.7 Å². The lowest BCUT2D eigenvalue weighted by Gasteiger charge is -2.03. The largest absolute Gasteiger partial charge is 0.508 e. The maximum absolute atomic E-state index is 10.2. The topological polar surface area (TPSA) is 312 Å². The fourth-order valence-corrected chi connectivity index (χ4v) is 2.77. The van der Waals surface area contributed by atoms with E-state index in [4.69, 9.17) is 54.2 Å². The van der Waals surface area contributed by atoms with E-state index in [0.29, 0.717) is 25.8 Å². The second-order valence-corrected chi connectivity index (χ2v) is 8.86. The van der Waals surface area contributed by atoms with E-state index in [9.17, 15) is 19.2 Å². The molecule has 43 heavy (non-hydrogen) atoms. The van der Waals surface area contributed by atoms with Crippen molar-refractivity contribution in [1.82, 2.24) is 0 Å². The summed E-state index contributed by atoms with van der Waals surface area (Å²) in [6.45, 7) is 1.16. The number of guanidine groups is 1. The first-order valence-electron chi connectivity index (χ1n) is 13.2. The number of nitrogens with zero attached hydrogens (tertiary/aromatic N) is 1. The van der Waals surface area contributed by atoms with Gasteiger partial charge in [-0.25, -0.2) is 0 Å². The highest BCUT2D eigenvalue weighted by molar-refractivity contribution is 5.75. The Morgan fingerprint density at radius 3 is 1.63 bits per heavy atom. The number of phenols is 1. The number of aliphatic imine (C=N–C) groups is 1. The van der Waals surface area contributed by atoms with E-state index >= 15 is 0 Å². The van der Waals surface area contributed by atoms with Gasteiger partial charge in [0.15, 0.2) is 5.96 Å². The molecule has 0 aromatic heterocycles. The number of carboxylic acids is 4. The molecule has 0 saturated heterocycles. The zero-order valence-corrected chi connectivity index (χ0v) is 23.9. The number of hydrogen-bond acceptors (Lipinski definition) is 9. The highest BCUT2D eigenvalue weighted by Gasteiger charge is 2.12. The van der Waals surface area contributed by atoms with E-state index in [2.05, 4.69) is 17.1 Å². The quantitative estimate of drug-likeness (QED) is 0.0784. The standard InChI is InChI=1S/C9H10O3.C8H11N.C6H14N4O2.C5H9NO4/c10-8-4-1-7(2-5-8)3-6-9(11)12;9-7-6-8-4-2-1-3-5-8;7-4(5(11)12)2-1-3-10-6(8)9;6-3(5(9)10)1-2-4(7)8/h1-2,4-5,10H,3,6H2,(H,11,12);1-5H,6-7,9H2;4H,1-3,7H2,(H,11,12)(H4,8,9,10);3H,1-2,6H2,(H,7,8)(H,9,10)/t;;4-;3-/m..00/s1. The number of aromatic hydroxyl groups is 1. The molecular formula is C28H44N6O9. The molecule has 15 N–H and O–H groups in total. The molecule has 0 saturated carbocycles. The van der Waals surface area contributed by atoms with Gasteiger partial charge in [-0.3, -0.25) is 24.2 Å². The van der Waals surface area contributed by atoms with E-state index in [1.54, 1.807) is 24.3 Å². The SMILES string of the molecule is NC(N)=NCCC[C@H](N)C(=O)O.NCCc1ccccc1.N[C@@H](CCC(=O)O)C(=O)O.O=C(O)CCc1ccc(O)cc1. The molecule has 0 unspecified atom stereocenters. The summed E-state index contributed by atoms with van der Waals surface area (Å²) in [5, 5.41) is 42.0. The molecule has 2 rings (SSSR count). The molecule has 0 radical (unpaired) electrons. The Labute approximate surface area is 250 Å². The number of nitrogens with two attached hydrogens (primary N) is 5. The summed E-state index contributed by atoms with van der Waals surface area (Å²) in [6.07, 6.45) is 2.36. The number of rotatable bonds is 14. The van der Waals surface area contributed by atoms with Gasteiger partial charge in [-0.05, 0) is 61.9 Å². The van der Waals surface area contributed by atoms with Crippen molar-refractivity contribution in [3.8, 4) is 5.75 Å². The van der Waals surface area contributed by atoms with Crippen molar-refractivity contribution in [2.75, 3.05) is 13.1 Å². The fraction of sp³-hybridized carbons (Fsp3) is 0.393. The first-order valence-corrected chi connectivity index (χ1v) is 13.2. The molecular weight excluding hydrogens is 564 g/mol. The summed E-state index contributed by atoms with van der Waals surface area (Å²) in [4.78, 5) is 44.0. The van der Waals surface area contributed by atoms with Gasteiger partial charge in [-0.2, -0.15) is 0 Å². The second-order valence-electron chi connectivity index (χ2n) is 8.86. The van der Waals surface area contributed by atoms with Gasteiger partial charge in [0.1, 0.15) is 17.8 Å². The fourth-order valence-electron chi connectivity index (χ4n) is 2.77. The van der Waals surface area contributed by atoms with Crippen LogP contribution >= 0.6 is 0 Å². The summed E-state index contributed by atoms with van der Waals surface area (Å²) < 4.78 is 0. The maximum atomic E-state index is 10.2. The van der Waals surface area contributed by atoms with Crippen LogP contribution in [0.3, 0.4) is 0 Å². The molecule has 240 valence electrons. The highest BCUT2D eigenvalue weighted by Crippen LogP contribution is 2.10. The number of carboxylic acid groups (broad SMARTS) is 4. The minimum atomic E-state index is -1.17. The second kappa shape index (κ2) is 25.0. The molecule has 15 nitrogen and oxygen atoms in total. The molecule has 0 amide bonds. The van der Waals surface area contributed by atoms with Crippen LogP contribution in [0, 0.1) is 0 Å². The first kappa shape index (κ1) is 40.4. The number of aryl methyl sites for hydroxylation is 1. The predicted octanol–water partition coefficient (Wildman–Crippen LogP) is 0.312. The van der Waals surface area contributed by atoms with Crippen LogP contribution in [0.1, 0.15) is 43.2 Å². The third-order valence-corrected chi connectivity index (χ3v) is 5.11. The first-order chi connectivity index (χ1) is 20.2. The van der Waals surface area contributed by atoms with Gasteiger partial charge >= 0.3 is 23.9 Å². The van der Waals surface area contributed by atoms with Gasteiger partial charge in [0, 0.05) is 19.4 Å². The molecule has 0 aliphatic rings. The Hall–Kier alpha value is -4.73. The third kappa shape index (κ3) is 27.2. The van der Waals surface area contributed by atoms with Crippen molar-refractivity contribution < 1.29 is 44.7 Å². The summed E-state index contributed by atoms with van der Waals surface area (Å²) in [7, 11) is 0. The summed E-state index contributed by atoms with van der Waals surface area (Å²) >= 11 is 0. The third-order valence-electron chi connectivity index (χ3n) is 5.11. The van der Waals surface area contributed by atoms with Crippen LogP contribution in [0.15, 0.2) is 59.6 Å². The Bertz CT molecular complexity index is 1100. The maximum Gasteiger partial charge on any atom is 0.320 e. The molecule has 0 fully saturated rings. The minimum absolute atomic E-state index is 0.0129. The predicted molar refractivity (Wildman–Crippen MR) is 161 cm³/mol. The monoisotopic (exact) mass is 608 g/mol. The molecule has 0 aliphatic heterocycles. The van der Waals surface area contributed by atoms with E-state index in [-0.39, 0.29) is 31.0 Å². The summed E-state index contributed by atoms with van der Waals surface area (Å²) in [5.41, 5.74) is 27.9. The van der Waals surface area contributed by atoms with Gasteiger partial charge in [-0.1, -0.05) is 42.5 Å². The molecule has 2 aromatic carbocycles. The lowest BCUT2D eigenvalue weighted by Crippen LogP contribution is -2.30. The van der Waals surface area contributed by atoms with Crippen molar-refractivity contribution in [1.29, 1.82) is 0 Å². The minimum Gasteiger partial charge on any atom is -0.508 e. The Kier molecular flexibility index (Phi) is 23.5. The molecule has 0 bridgehead atoms. The van der Waals surface area contributed by atoms with Crippen molar-refractivity contribution in [2.45, 2.75) is 57.0 Å². The van der Waals surface area contributed by atoms with Crippen LogP contribution in [0.2, 0.25) is 0 Å². The molecule has 2 atom stereocenters. The van der Waals surface area contributed by atoms with E-state index < -0.39 is 36.0 Å². The highest BCUT2D eigenvalue weighted by atomic mass is 16.4. The molecule has 0 aliphatic carbocycles. The zero-order valence-electron chi connectivity index (χ0n) is 23.9. The lowest BCUT2D eigenvalue weighted by atomic mass is 10.1. The van der Waals surface area contributed by atoms with Gasteiger partial charge in [0.25, 0.3) is 0 Å². The molecule has 0 heterocycles. The number of aliphatic carboxylic acids is 4. The van der Waals surface area contributed by atoms with Crippen LogP contribution in [0.5, 0.6) is 5.75 Å². The average molecular weight is 609 g/mol. The van der Waals surface area contributed by atoms with Gasteiger partial charge in [-0.15, -0.1) is 0 Å². The van der Waals surface area contributed by atoms with Crippen molar-refractivity contribution in [2.24, 2.45) is 33.7 Å². The smallest absolute Gasteiger partial charge is 0.320 e. The van der Waals surface area contributed by atoms with E-state index in [0.717, 1.165) is 18.5 Å². The zero-order chi connectivity index (χ0) is 33.2. The number of phenolic OH excluding ortho intramolecular Hbond substituents is 1. The van der Waals surface area contributed by atoms with Crippen LogP contribution in [-0.2, 0) is 32.0 Å². The summed E-state index contributed by atoms with van der Waals surface area (Å²) in [5.74, 6) is -3.78. The van der Waals surface area contributed by atoms with Gasteiger partial charge in [0.05, 0.1) is 0 Å². The summed E-state index contributed by atoms with van der Waals surface area (Å²) in [6, 6.07) is 14.9. The van der Waals surface area contributed by atoms with Gasteiger partial charge in [0.2, 0.25) is 0 Å². The van der Waals surface area contributed by atoms with Crippen LogP contribution in [-0.4, -0.2) is 80.5 Å². The average Bonchev–Trinajstić information content (AvgIpc) is 2.95. The van der Waals surface area contributed by atoms with Crippen LogP contribution < -0.4 is 28.7 Å². The van der Waals surface area contributed by atoms with E-state index in [1.165, 1.54) is 5.56 Å². The number of hydrogen-bond donors (Lipinski definition) is 10. The number of carbonyl (C=O) groups is 4. The van der Waals surface area contributed by atoms with Gasteiger partial charge < -0.3 is 54.2 Å².